The van der Waals surface area contributed by atoms with Gasteiger partial charge in [0.1, 0.15) is 5.82 Å². The van der Waals surface area contributed by atoms with Crippen molar-refractivity contribution < 1.29 is 0 Å². The molecule has 1 aromatic heterocycles. The summed E-state index contributed by atoms with van der Waals surface area (Å²) in [6, 6.07) is 9.22. The van der Waals surface area contributed by atoms with E-state index < -0.39 is 0 Å². The number of hydrogen-bond acceptors (Lipinski definition) is 2. The molecule has 1 aliphatic carbocycles. The standard InChI is InChI=1S/C17H23N3/c1-3-18-16(17-19-10-11-20(17)2)15-9-5-8-14(12-15)13-6-4-7-13/h5,8-13,16,18H,3-4,6-7H2,1-2H3. The highest BCUT2D eigenvalue weighted by Crippen LogP contribution is 2.37. The first-order valence-electron chi connectivity index (χ1n) is 7.60. The minimum Gasteiger partial charge on any atom is -0.336 e. The van der Waals surface area contributed by atoms with Gasteiger partial charge in [-0.05, 0) is 36.4 Å². The molecule has 3 rings (SSSR count). The summed E-state index contributed by atoms with van der Waals surface area (Å²) in [7, 11) is 2.06. The maximum atomic E-state index is 4.52. The van der Waals surface area contributed by atoms with Gasteiger partial charge in [-0.2, -0.15) is 0 Å². The molecule has 0 aliphatic heterocycles. The fourth-order valence-electron chi connectivity index (χ4n) is 2.95. The van der Waals surface area contributed by atoms with E-state index in [1.165, 1.54) is 30.4 Å². The number of imidazole rings is 1. The van der Waals surface area contributed by atoms with Crippen LogP contribution in [-0.4, -0.2) is 16.1 Å². The van der Waals surface area contributed by atoms with E-state index in [1.54, 1.807) is 0 Å². The summed E-state index contributed by atoms with van der Waals surface area (Å²) >= 11 is 0. The number of rotatable bonds is 5. The summed E-state index contributed by atoms with van der Waals surface area (Å²) in [5.41, 5.74) is 2.82. The number of nitrogens with one attached hydrogen (secondary N) is 1. The second-order valence-electron chi connectivity index (χ2n) is 5.68. The van der Waals surface area contributed by atoms with E-state index in [0.717, 1.165) is 18.3 Å². The zero-order valence-corrected chi connectivity index (χ0v) is 12.3. The van der Waals surface area contributed by atoms with E-state index in [1.807, 2.05) is 12.4 Å². The fourth-order valence-corrected chi connectivity index (χ4v) is 2.95. The average molecular weight is 269 g/mol. The van der Waals surface area contributed by atoms with Gasteiger partial charge < -0.3 is 9.88 Å². The van der Waals surface area contributed by atoms with E-state index >= 15 is 0 Å². The fraction of sp³-hybridized carbons (Fsp3) is 0.471. The van der Waals surface area contributed by atoms with Crippen LogP contribution in [0.1, 0.15) is 55.1 Å². The van der Waals surface area contributed by atoms with Gasteiger partial charge in [0.15, 0.2) is 0 Å². The zero-order valence-electron chi connectivity index (χ0n) is 12.3. The molecule has 1 saturated carbocycles. The molecule has 1 fully saturated rings. The second kappa shape index (κ2) is 5.80. The molecular weight excluding hydrogens is 246 g/mol. The zero-order chi connectivity index (χ0) is 13.9. The molecule has 3 heteroatoms. The normalized spacial score (nSPS) is 16.9. The first-order valence-corrected chi connectivity index (χ1v) is 7.60. The van der Waals surface area contributed by atoms with Gasteiger partial charge in [0.2, 0.25) is 0 Å². The Labute approximate surface area is 121 Å². The van der Waals surface area contributed by atoms with Crippen LogP contribution in [0, 0.1) is 0 Å². The average Bonchev–Trinajstić information content (AvgIpc) is 2.80. The van der Waals surface area contributed by atoms with Crippen molar-refractivity contribution in [1.29, 1.82) is 0 Å². The third kappa shape index (κ3) is 2.50. The Bertz CT molecular complexity index is 569. The SMILES string of the molecule is CCNC(c1cccc(C2CCC2)c1)c1nccn1C. The molecule has 1 aliphatic rings. The van der Waals surface area contributed by atoms with Gasteiger partial charge in [-0.1, -0.05) is 37.6 Å². The van der Waals surface area contributed by atoms with Crippen LogP contribution < -0.4 is 5.32 Å². The highest BCUT2D eigenvalue weighted by atomic mass is 15.1. The molecule has 1 atom stereocenters. The second-order valence-corrected chi connectivity index (χ2v) is 5.68. The molecular formula is C17H23N3. The minimum absolute atomic E-state index is 0.181. The monoisotopic (exact) mass is 269 g/mol. The van der Waals surface area contributed by atoms with Crippen LogP contribution in [0.2, 0.25) is 0 Å². The van der Waals surface area contributed by atoms with Gasteiger partial charge >= 0.3 is 0 Å². The maximum Gasteiger partial charge on any atom is 0.130 e. The summed E-state index contributed by atoms with van der Waals surface area (Å²) in [4.78, 5) is 4.52. The third-order valence-corrected chi connectivity index (χ3v) is 4.35. The van der Waals surface area contributed by atoms with Crippen molar-refractivity contribution in [2.75, 3.05) is 6.54 Å². The molecule has 0 spiro atoms. The van der Waals surface area contributed by atoms with Crippen LogP contribution in [0.15, 0.2) is 36.7 Å². The number of aromatic nitrogens is 2. The molecule has 0 radical (unpaired) electrons. The molecule has 1 N–H and O–H groups in total. The Morgan fingerprint density at radius 3 is 2.85 bits per heavy atom. The van der Waals surface area contributed by atoms with Crippen LogP contribution in [0.4, 0.5) is 0 Å². The van der Waals surface area contributed by atoms with Gasteiger partial charge in [-0.3, -0.25) is 0 Å². The summed E-state index contributed by atoms with van der Waals surface area (Å²) in [6.07, 6.45) is 7.95. The van der Waals surface area contributed by atoms with Gasteiger partial charge in [-0.25, -0.2) is 4.98 Å². The van der Waals surface area contributed by atoms with E-state index in [2.05, 4.69) is 53.1 Å². The molecule has 0 saturated heterocycles. The molecule has 106 valence electrons. The van der Waals surface area contributed by atoms with Crippen LogP contribution >= 0.6 is 0 Å². The lowest BCUT2D eigenvalue weighted by atomic mass is 9.79. The molecule has 1 unspecified atom stereocenters. The van der Waals surface area contributed by atoms with Gasteiger partial charge in [0.25, 0.3) is 0 Å². The third-order valence-electron chi connectivity index (χ3n) is 4.35. The van der Waals surface area contributed by atoms with E-state index in [9.17, 15) is 0 Å². The van der Waals surface area contributed by atoms with Gasteiger partial charge in [0, 0.05) is 19.4 Å². The van der Waals surface area contributed by atoms with Crippen molar-refractivity contribution in [3.05, 3.63) is 53.6 Å². The molecule has 3 nitrogen and oxygen atoms in total. The Morgan fingerprint density at radius 1 is 1.40 bits per heavy atom. The lowest BCUT2D eigenvalue weighted by Crippen LogP contribution is -2.25. The lowest BCUT2D eigenvalue weighted by Gasteiger charge is -2.27. The molecule has 0 bridgehead atoms. The van der Waals surface area contributed by atoms with E-state index in [4.69, 9.17) is 0 Å². The lowest BCUT2D eigenvalue weighted by molar-refractivity contribution is 0.419. The summed E-state index contributed by atoms with van der Waals surface area (Å²) in [5, 5.41) is 3.56. The quantitative estimate of drug-likeness (QED) is 0.901. The smallest absolute Gasteiger partial charge is 0.130 e. The summed E-state index contributed by atoms with van der Waals surface area (Å²) < 4.78 is 2.10. The van der Waals surface area contributed by atoms with E-state index in [0.29, 0.717) is 0 Å². The van der Waals surface area contributed by atoms with Gasteiger partial charge in [0.05, 0.1) is 6.04 Å². The molecule has 0 amide bonds. The van der Waals surface area contributed by atoms with Crippen molar-refractivity contribution in [1.82, 2.24) is 14.9 Å². The van der Waals surface area contributed by atoms with Crippen molar-refractivity contribution in [3.8, 4) is 0 Å². The predicted octanol–water partition coefficient (Wildman–Crippen LogP) is 3.39. The van der Waals surface area contributed by atoms with Crippen molar-refractivity contribution in [3.63, 3.8) is 0 Å². The topological polar surface area (TPSA) is 29.9 Å². The maximum absolute atomic E-state index is 4.52. The van der Waals surface area contributed by atoms with Crippen LogP contribution in [0.3, 0.4) is 0 Å². The molecule has 1 heterocycles. The van der Waals surface area contributed by atoms with E-state index in [-0.39, 0.29) is 6.04 Å². The molecule has 20 heavy (non-hydrogen) atoms. The van der Waals surface area contributed by atoms with Crippen LogP contribution in [0.25, 0.3) is 0 Å². The number of nitrogens with zero attached hydrogens (tertiary/aromatic N) is 2. The Kier molecular flexibility index (Phi) is 3.88. The van der Waals surface area contributed by atoms with Crippen LogP contribution in [-0.2, 0) is 7.05 Å². The predicted molar refractivity (Wildman–Crippen MR) is 81.8 cm³/mol. The Hall–Kier alpha value is -1.61. The Morgan fingerprint density at radius 2 is 2.25 bits per heavy atom. The van der Waals surface area contributed by atoms with Crippen molar-refractivity contribution >= 4 is 0 Å². The summed E-state index contributed by atoms with van der Waals surface area (Å²) in [5.74, 6) is 1.86. The molecule has 1 aromatic carbocycles. The first kappa shape index (κ1) is 13.4. The van der Waals surface area contributed by atoms with Crippen LogP contribution in [0.5, 0.6) is 0 Å². The number of benzene rings is 1. The molecule has 2 aromatic rings. The largest absolute Gasteiger partial charge is 0.336 e. The minimum atomic E-state index is 0.181. The first-order chi connectivity index (χ1) is 9.79. The van der Waals surface area contributed by atoms with Gasteiger partial charge in [-0.15, -0.1) is 0 Å². The Balaban J connectivity index is 1.93. The van der Waals surface area contributed by atoms with Crippen molar-refractivity contribution in [2.24, 2.45) is 7.05 Å². The van der Waals surface area contributed by atoms with Crippen molar-refractivity contribution in [2.45, 2.75) is 38.1 Å². The summed E-state index contributed by atoms with van der Waals surface area (Å²) in [6.45, 7) is 3.08. The number of hydrogen-bond donors (Lipinski definition) is 1. The highest BCUT2D eigenvalue weighted by molar-refractivity contribution is 5.32. The number of aryl methyl sites for hydroxylation is 1. The highest BCUT2D eigenvalue weighted by Gasteiger charge is 2.22.